The maximum Gasteiger partial charge on any atom is 0.410 e. The van der Waals surface area contributed by atoms with E-state index in [4.69, 9.17) is 19.7 Å². The molecule has 0 aliphatic carbocycles. The molecule has 0 bridgehead atoms. The van der Waals surface area contributed by atoms with Crippen LogP contribution in [0.15, 0.2) is 72.9 Å². The van der Waals surface area contributed by atoms with Crippen molar-refractivity contribution < 1.29 is 14.3 Å². The Morgan fingerprint density at radius 2 is 1.55 bits per heavy atom. The molecule has 4 aromatic rings. The Morgan fingerprint density at radius 3 is 2.16 bits per heavy atom. The summed E-state index contributed by atoms with van der Waals surface area (Å²) in [4.78, 5) is 21.1. The van der Waals surface area contributed by atoms with Gasteiger partial charge in [-0.25, -0.2) is 4.79 Å². The molecule has 1 aromatic heterocycles. The van der Waals surface area contributed by atoms with Gasteiger partial charge in [-0.15, -0.1) is 0 Å². The number of hydrogen-bond acceptors (Lipinski definition) is 6. The molecule has 1 fully saturated rings. The second-order valence-corrected chi connectivity index (χ2v) is 9.62. The van der Waals surface area contributed by atoms with Gasteiger partial charge in [-0.1, -0.05) is 36.4 Å². The van der Waals surface area contributed by atoms with E-state index in [1.807, 2.05) is 67.4 Å². The molecule has 5 rings (SSSR count). The molecule has 0 N–H and O–H groups in total. The van der Waals surface area contributed by atoms with Crippen molar-refractivity contribution in [1.29, 1.82) is 5.26 Å². The smallest absolute Gasteiger partial charge is 0.410 e. The number of hydrogen-bond donors (Lipinski definition) is 0. The highest BCUT2D eigenvalue weighted by Crippen LogP contribution is 2.39. The Balaban J connectivity index is 1.45. The van der Waals surface area contributed by atoms with Crippen LogP contribution in [0.2, 0.25) is 0 Å². The number of anilines is 1. The second-order valence-electron chi connectivity index (χ2n) is 9.62. The first-order chi connectivity index (χ1) is 18.4. The molecule has 1 aliphatic rings. The number of carbonyl (C=O) groups excluding carboxylic acids is 1. The van der Waals surface area contributed by atoms with Gasteiger partial charge in [0.2, 0.25) is 0 Å². The van der Waals surface area contributed by atoms with Gasteiger partial charge in [-0.3, -0.25) is 9.88 Å². The second kappa shape index (κ2) is 10.4. The van der Waals surface area contributed by atoms with Crippen molar-refractivity contribution in [3.63, 3.8) is 0 Å². The van der Waals surface area contributed by atoms with Gasteiger partial charge in [0.1, 0.15) is 5.75 Å². The van der Waals surface area contributed by atoms with Gasteiger partial charge in [0.25, 0.3) is 0 Å². The quantitative estimate of drug-likeness (QED) is 0.332. The molecule has 0 spiro atoms. The van der Waals surface area contributed by atoms with Crippen molar-refractivity contribution in [3.05, 3.63) is 78.5 Å². The number of carbonyl (C=O) groups is 1. The Labute approximate surface area is 222 Å². The molecule has 2 atom stereocenters. The first-order valence-electron chi connectivity index (χ1n) is 12.6. The molecule has 1 amide bonds. The predicted molar refractivity (Wildman–Crippen MR) is 149 cm³/mol. The minimum atomic E-state index is -0.279. The van der Waals surface area contributed by atoms with E-state index >= 15 is 0 Å². The van der Waals surface area contributed by atoms with E-state index in [-0.39, 0.29) is 18.2 Å². The highest BCUT2D eigenvalue weighted by atomic mass is 16.5. The first kappa shape index (κ1) is 25.1. The fourth-order valence-corrected chi connectivity index (χ4v) is 5.43. The van der Waals surface area contributed by atoms with Gasteiger partial charge in [0, 0.05) is 41.5 Å². The lowest BCUT2D eigenvalue weighted by Gasteiger charge is -2.44. The number of fused-ring (bicyclic) bond motifs is 1. The van der Waals surface area contributed by atoms with Crippen molar-refractivity contribution in [1.82, 2.24) is 9.88 Å². The number of benzene rings is 3. The zero-order valence-electron chi connectivity index (χ0n) is 22.0. The van der Waals surface area contributed by atoms with Gasteiger partial charge < -0.3 is 14.4 Å². The fourth-order valence-electron chi connectivity index (χ4n) is 5.43. The van der Waals surface area contributed by atoms with Crippen molar-refractivity contribution in [3.8, 4) is 34.1 Å². The van der Waals surface area contributed by atoms with Gasteiger partial charge in [-0.05, 0) is 55.3 Å². The zero-order valence-corrected chi connectivity index (χ0v) is 22.0. The number of pyridine rings is 1. The van der Waals surface area contributed by atoms with Crippen molar-refractivity contribution in [2.45, 2.75) is 25.9 Å². The maximum atomic E-state index is 12.2. The van der Waals surface area contributed by atoms with Gasteiger partial charge >= 0.3 is 6.09 Å². The van der Waals surface area contributed by atoms with E-state index in [0.717, 1.165) is 57.7 Å². The number of amides is 1. The van der Waals surface area contributed by atoms with Crippen LogP contribution in [0.3, 0.4) is 0 Å². The number of methoxy groups -OCH3 is 2. The highest BCUT2D eigenvalue weighted by molar-refractivity contribution is 6.00. The van der Waals surface area contributed by atoms with E-state index in [1.165, 1.54) is 7.11 Å². The Hall–Kier alpha value is -4.57. The largest absolute Gasteiger partial charge is 0.495 e. The molecule has 1 aliphatic heterocycles. The molecule has 7 nitrogen and oxygen atoms in total. The minimum absolute atomic E-state index is 0.0426. The zero-order chi connectivity index (χ0) is 26.8. The normalized spacial score (nSPS) is 17.2. The minimum Gasteiger partial charge on any atom is -0.495 e. The van der Waals surface area contributed by atoms with E-state index in [1.54, 1.807) is 7.11 Å². The summed E-state index contributed by atoms with van der Waals surface area (Å²) in [7, 11) is 3.11. The van der Waals surface area contributed by atoms with Crippen LogP contribution in [0.4, 0.5) is 10.5 Å². The summed E-state index contributed by atoms with van der Waals surface area (Å²) < 4.78 is 10.9. The molecule has 38 heavy (non-hydrogen) atoms. The molecule has 0 saturated carbocycles. The van der Waals surface area contributed by atoms with Crippen LogP contribution in [-0.2, 0) is 4.74 Å². The predicted octanol–water partition coefficient (Wildman–Crippen LogP) is 6.11. The van der Waals surface area contributed by atoms with Crippen LogP contribution in [0.5, 0.6) is 5.75 Å². The summed E-state index contributed by atoms with van der Waals surface area (Å²) in [5.41, 5.74) is 6.49. The van der Waals surface area contributed by atoms with Gasteiger partial charge in [-0.2, -0.15) is 5.26 Å². The third-order valence-corrected chi connectivity index (χ3v) is 7.23. The van der Waals surface area contributed by atoms with Crippen LogP contribution < -0.4 is 9.64 Å². The number of nitrogens with zero attached hydrogens (tertiary/aromatic N) is 4. The lowest BCUT2D eigenvalue weighted by molar-refractivity contribution is 0.0820. The van der Waals surface area contributed by atoms with Crippen LogP contribution in [0, 0.1) is 11.3 Å². The van der Waals surface area contributed by atoms with Crippen LogP contribution in [0.25, 0.3) is 33.2 Å². The van der Waals surface area contributed by atoms with Gasteiger partial charge in [0.05, 0.1) is 43.5 Å². The average Bonchev–Trinajstić information content (AvgIpc) is 2.95. The summed E-state index contributed by atoms with van der Waals surface area (Å²) in [5.74, 6) is 0.771. The van der Waals surface area contributed by atoms with E-state index in [0.29, 0.717) is 5.56 Å². The van der Waals surface area contributed by atoms with E-state index in [2.05, 4.69) is 35.2 Å². The molecule has 1 unspecified atom stereocenters. The third-order valence-electron chi connectivity index (χ3n) is 7.23. The highest BCUT2D eigenvalue weighted by Gasteiger charge is 2.33. The molecule has 0 radical (unpaired) electrons. The molecule has 2 heterocycles. The van der Waals surface area contributed by atoms with Crippen LogP contribution >= 0.6 is 0 Å². The van der Waals surface area contributed by atoms with Crippen LogP contribution in [0.1, 0.15) is 19.4 Å². The maximum absolute atomic E-state index is 12.2. The molecule has 192 valence electrons. The van der Waals surface area contributed by atoms with Crippen molar-refractivity contribution in [2.75, 3.05) is 32.2 Å². The van der Waals surface area contributed by atoms with E-state index < -0.39 is 0 Å². The summed E-state index contributed by atoms with van der Waals surface area (Å²) in [5, 5.41) is 10.1. The summed E-state index contributed by atoms with van der Waals surface area (Å²) in [6.07, 6.45) is 1.58. The Kier molecular flexibility index (Phi) is 6.89. The summed E-state index contributed by atoms with van der Waals surface area (Å²) >= 11 is 0. The topological polar surface area (TPSA) is 78.7 Å². The van der Waals surface area contributed by atoms with Crippen molar-refractivity contribution in [2.24, 2.45) is 0 Å². The number of rotatable bonds is 4. The first-order valence-corrected chi connectivity index (χ1v) is 12.6. The Morgan fingerprint density at radius 1 is 0.921 bits per heavy atom. The number of ether oxygens (including phenoxy) is 2. The Bertz CT molecular complexity index is 1500. The number of piperazine rings is 1. The fraction of sp³-hybridized carbons (Fsp3) is 0.258. The molecule has 7 heteroatoms. The molecule has 1 saturated heterocycles. The monoisotopic (exact) mass is 506 g/mol. The lowest BCUT2D eigenvalue weighted by atomic mass is 9.98. The summed E-state index contributed by atoms with van der Waals surface area (Å²) in [6, 6.07) is 24.2. The standard InChI is InChI=1S/C31H30N4O3/c1-20-18-34(19-21(2)35(20)31(36)38-4)25-14-12-24(13-15-25)28-17-33-29-26(6-5-7-27(29)30(28)37-3)23-10-8-22(16-32)9-11-23/h5-15,17,20-21H,18-19H2,1-4H3/t20-,21?/m0/s1. The number of aromatic nitrogens is 1. The van der Waals surface area contributed by atoms with E-state index in [9.17, 15) is 4.79 Å². The molecular formula is C31H30N4O3. The molecule has 3 aromatic carbocycles. The van der Waals surface area contributed by atoms with Gasteiger partial charge in [0.15, 0.2) is 0 Å². The SMILES string of the molecule is COC(=O)N1C(C)CN(c2ccc(-c3cnc4c(-c5ccc(C#N)cc5)cccc4c3OC)cc2)C[C@@H]1C. The summed E-state index contributed by atoms with van der Waals surface area (Å²) in [6.45, 7) is 5.56. The average molecular weight is 507 g/mol. The third kappa shape index (κ3) is 4.50. The van der Waals surface area contributed by atoms with Crippen LogP contribution in [-0.4, -0.2) is 55.4 Å². The number of para-hydroxylation sites is 1. The lowest BCUT2D eigenvalue weighted by Crippen LogP contribution is -2.58. The number of nitriles is 1. The molecular weight excluding hydrogens is 476 g/mol. The van der Waals surface area contributed by atoms with Crippen molar-refractivity contribution >= 4 is 22.7 Å².